The molecule has 0 saturated heterocycles. The summed E-state index contributed by atoms with van der Waals surface area (Å²) in [6, 6.07) is 8.41. The monoisotopic (exact) mass is 290 g/mol. The van der Waals surface area contributed by atoms with Crippen molar-refractivity contribution >= 4 is 0 Å². The van der Waals surface area contributed by atoms with Gasteiger partial charge in [0, 0.05) is 6.61 Å². The molecule has 1 aromatic carbocycles. The van der Waals surface area contributed by atoms with Gasteiger partial charge >= 0.3 is 0 Å². The first-order valence-electron chi connectivity index (χ1n) is 8.40. The molecule has 0 aliphatic heterocycles. The van der Waals surface area contributed by atoms with Gasteiger partial charge < -0.3 is 9.84 Å². The average molecular weight is 290 g/mol. The molecule has 1 N–H and O–H groups in total. The summed E-state index contributed by atoms with van der Waals surface area (Å²) >= 11 is 0. The van der Waals surface area contributed by atoms with Crippen molar-refractivity contribution in [1.82, 2.24) is 0 Å². The molecule has 0 radical (unpaired) electrons. The molecule has 1 aromatic rings. The predicted octanol–water partition coefficient (Wildman–Crippen LogP) is 4.83. The molecule has 1 aliphatic rings. The van der Waals surface area contributed by atoms with E-state index in [1.807, 2.05) is 6.92 Å². The Labute approximate surface area is 129 Å². The van der Waals surface area contributed by atoms with Crippen molar-refractivity contribution in [1.29, 1.82) is 0 Å². The molecule has 2 rings (SSSR count). The molecule has 0 aromatic heterocycles. The van der Waals surface area contributed by atoms with E-state index < -0.39 is 11.7 Å². The van der Waals surface area contributed by atoms with Crippen LogP contribution in [0.25, 0.3) is 0 Å². The zero-order valence-electron chi connectivity index (χ0n) is 13.9. The molecule has 3 atom stereocenters. The van der Waals surface area contributed by atoms with Crippen molar-refractivity contribution in [3.63, 3.8) is 0 Å². The molecule has 2 nitrogen and oxygen atoms in total. The van der Waals surface area contributed by atoms with Gasteiger partial charge in [-0.3, -0.25) is 0 Å². The molecule has 1 aliphatic carbocycles. The minimum absolute atomic E-state index is 0.397. The van der Waals surface area contributed by atoms with Gasteiger partial charge in [-0.1, -0.05) is 57.9 Å². The highest BCUT2D eigenvalue weighted by atomic mass is 16.5. The van der Waals surface area contributed by atoms with Crippen molar-refractivity contribution in [2.75, 3.05) is 6.61 Å². The Balaban J connectivity index is 2.23. The summed E-state index contributed by atoms with van der Waals surface area (Å²) < 4.78 is 6.08. The summed E-state index contributed by atoms with van der Waals surface area (Å²) in [4.78, 5) is 0. The molecule has 0 heterocycles. The number of hydrogen-bond acceptors (Lipinski definition) is 2. The van der Waals surface area contributed by atoms with Gasteiger partial charge in [-0.05, 0) is 42.7 Å². The Kier molecular flexibility index (Phi) is 5.45. The van der Waals surface area contributed by atoms with Crippen molar-refractivity contribution in [2.45, 2.75) is 71.0 Å². The molecule has 0 bridgehead atoms. The van der Waals surface area contributed by atoms with Crippen LogP contribution in [0.2, 0.25) is 0 Å². The Morgan fingerprint density at radius 3 is 2.38 bits per heavy atom. The third-order valence-corrected chi connectivity index (χ3v) is 4.84. The maximum atomic E-state index is 10.9. The number of aliphatic hydroxyl groups is 1. The van der Waals surface area contributed by atoms with E-state index in [2.05, 4.69) is 45.0 Å². The fraction of sp³-hybridized carbons (Fsp3) is 0.684. The van der Waals surface area contributed by atoms with E-state index in [0.29, 0.717) is 18.4 Å². The zero-order valence-corrected chi connectivity index (χ0v) is 13.9. The van der Waals surface area contributed by atoms with Crippen LogP contribution in [0.1, 0.15) is 76.5 Å². The summed E-state index contributed by atoms with van der Waals surface area (Å²) in [6.45, 7) is 9.33. The fourth-order valence-corrected chi connectivity index (χ4v) is 3.66. The second-order valence-electron chi connectivity index (χ2n) is 6.92. The number of hydrogen-bond donors (Lipinski definition) is 1. The Morgan fingerprint density at radius 1 is 1.24 bits per heavy atom. The first kappa shape index (κ1) is 16.5. The van der Waals surface area contributed by atoms with E-state index in [1.54, 1.807) is 0 Å². The van der Waals surface area contributed by atoms with Gasteiger partial charge in [-0.25, -0.2) is 0 Å². The molecule has 3 unspecified atom stereocenters. The summed E-state index contributed by atoms with van der Waals surface area (Å²) in [6.07, 6.45) is 3.77. The van der Waals surface area contributed by atoms with Crippen LogP contribution in [0.4, 0.5) is 0 Å². The van der Waals surface area contributed by atoms with Crippen LogP contribution >= 0.6 is 0 Å². The van der Waals surface area contributed by atoms with E-state index in [-0.39, 0.29) is 0 Å². The zero-order chi connectivity index (χ0) is 15.5. The first-order chi connectivity index (χ1) is 9.98. The minimum Gasteiger partial charge on any atom is -0.385 e. The SMILES string of the molecule is CCOC1(C(O)c2ccc(C(C)C)cc2)CCCC(C)C1. The normalized spacial score (nSPS) is 27.8. The second kappa shape index (κ2) is 6.93. The van der Waals surface area contributed by atoms with Gasteiger partial charge in [-0.15, -0.1) is 0 Å². The number of rotatable bonds is 5. The molecular formula is C19H30O2. The van der Waals surface area contributed by atoms with Crippen molar-refractivity contribution in [3.8, 4) is 0 Å². The fourth-order valence-electron chi connectivity index (χ4n) is 3.66. The molecule has 2 heteroatoms. The van der Waals surface area contributed by atoms with Gasteiger partial charge in [0.25, 0.3) is 0 Å². The maximum Gasteiger partial charge on any atom is 0.108 e. The van der Waals surface area contributed by atoms with Crippen LogP contribution in [-0.4, -0.2) is 17.3 Å². The molecule has 1 saturated carbocycles. The predicted molar refractivity (Wildman–Crippen MR) is 87.5 cm³/mol. The van der Waals surface area contributed by atoms with Crippen molar-refractivity contribution < 1.29 is 9.84 Å². The second-order valence-corrected chi connectivity index (χ2v) is 6.92. The molecule has 0 spiro atoms. The van der Waals surface area contributed by atoms with Crippen LogP contribution in [0.3, 0.4) is 0 Å². The van der Waals surface area contributed by atoms with Gasteiger partial charge in [0.2, 0.25) is 0 Å². The number of ether oxygens (including phenoxy) is 1. The molecule has 1 fully saturated rings. The van der Waals surface area contributed by atoms with Gasteiger partial charge in [-0.2, -0.15) is 0 Å². The standard InChI is InChI=1S/C19H30O2/c1-5-21-19(12-6-7-15(4)13-19)18(20)17-10-8-16(9-11-17)14(2)3/h8-11,14-15,18,20H,5-7,12-13H2,1-4H3. The van der Waals surface area contributed by atoms with Crippen LogP contribution in [0, 0.1) is 5.92 Å². The lowest BCUT2D eigenvalue weighted by Gasteiger charge is -2.43. The quantitative estimate of drug-likeness (QED) is 0.841. The van der Waals surface area contributed by atoms with Crippen LogP contribution in [0.15, 0.2) is 24.3 Å². The van der Waals surface area contributed by atoms with Crippen molar-refractivity contribution in [2.24, 2.45) is 5.92 Å². The van der Waals surface area contributed by atoms with Gasteiger partial charge in [0.1, 0.15) is 6.10 Å². The summed E-state index contributed by atoms with van der Waals surface area (Å²) in [5.41, 5.74) is 1.90. The van der Waals surface area contributed by atoms with Crippen LogP contribution in [-0.2, 0) is 4.74 Å². The lowest BCUT2D eigenvalue weighted by Crippen LogP contribution is -2.43. The lowest BCUT2D eigenvalue weighted by atomic mass is 9.74. The van der Waals surface area contributed by atoms with E-state index in [0.717, 1.165) is 24.8 Å². The first-order valence-corrected chi connectivity index (χ1v) is 8.40. The molecule has 118 valence electrons. The van der Waals surface area contributed by atoms with E-state index >= 15 is 0 Å². The third kappa shape index (κ3) is 3.67. The van der Waals surface area contributed by atoms with Gasteiger partial charge in [0.15, 0.2) is 0 Å². The summed E-state index contributed by atoms with van der Waals surface area (Å²) in [7, 11) is 0. The number of benzene rings is 1. The summed E-state index contributed by atoms with van der Waals surface area (Å²) in [5, 5.41) is 10.9. The van der Waals surface area contributed by atoms with Crippen molar-refractivity contribution in [3.05, 3.63) is 35.4 Å². The van der Waals surface area contributed by atoms with E-state index in [4.69, 9.17) is 4.74 Å². The highest BCUT2D eigenvalue weighted by Crippen LogP contribution is 2.43. The third-order valence-electron chi connectivity index (χ3n) is 4.84. The van der Waals surface area contributed by atoms with Crippen LogP contribution < -0.4 is 0 Å². The minimum atomic E-state index is -0.526. The lowest BCUT2D eigenvalue weighted by molar-refractivity contribution is -0.150. The Hall–Kier alpha value is -0.860. The average Bonchev–Trinajstić information content (AvgIpc) is 2.47. The van der Waals surface area contributed by atoms with E-state index in [1.165, 1.54) is 12.0 Å². The Bertz CT molecular complexity index is 433. The topological polar surface area (TPSA) is 29.5 Å². The summed E-state index contributed by atoms with van der Waals surface area (Å²) in [5.74, 6) is 1.14. The molecular weight excluding hydrogens is 260 g/mol. The van der Waals surface area contributed by atoms with Crippen LogP contribution in [0.5, 0.6) is 0 Å². The number of aliphatic hydroxyl groups excluding tert-OH is 1. The largest absolute Gasteiger partial charge is 0.385 e. The Morgan fingerprint density at radius 2 is 1.86 bits per heavy atom. The smallest absolute Gasteiger partial charge is 0.108 e. The maximum absolute atomic E-state index is 10.9. The molecule has 21 heavy (non-hydrogen) atoms. The molecule has 0 amide bonds. The van der Waals surface area contributed by atoms with Gasteiger partial charge in [0.05, 0.1) is 5.60 Å². The highest BCUT2D eigenvalue weighted by molar-refractivity contribution is 5.28. The van der Waals surface area contributed by atoms with E-state index in [9.17, 15) is 5.11 Å². The highest BCUT2D eigenvalue weighted by Gasteiger charge is 2.42.